The second-order valence-electron chi connectivity index (χ2n) is 6.41. The molecule has 1 N–H and O–H groups in total. The van der Waals surface area contributed by atoms with Gasteiger partial charge in [-0.15, -0.1) is 11.3 Å². The first kappa shape index (κ1) is 22.3. The monoisotopic (exact) mass is 460 g/mol. The SMILES string of the molecule is CSCC[C@H](NC(=O)c1ccccc1Cl)C(=O)OCc1csc(-c2ccccc2)n1. The molecule has 0 aliphatic carbocycles. The first-order valence-electron chi connectivity index (χ1n) is 9.29. The van der Waals surface area contributed by atoms with E-state index in [1.165, 1.54) is 11.3 Å². The molecule has 0 saturated heterocycles. The molecule has 30 heavy (non-hydrogen) atoms. The van der Waals surface area contributed by atoms with Crippen LogP contribution in [-0.4, -0.2) is 34.9 Å². The van der Waals surface area contributed by atoms with Crippen molar-refractivity contribution in [3.63, 3.8) is 0 Å². The predicted octanol–water partition coefficient (Wildman–Crippen LogP) is 5.06. The second kappa shape index (κ2) is 11.2. The lowest BCUT2D eigenvalue weighted by Crippen LogP contribution is -2.42. The Kier molecular flexibility index (Phi) is 8.30. The quantitative estimate of drug-likeness (QED) is 0.452. The third-order valence-corrected chi connectivity index (χ3v) is 6.17. The highest BCUT2D eigenvalue weighted by Gasteiger charge is 2.24. The number of hydrogen-bond donors (Lipinski definition) is 1. The van der Waals surface area contributed by atoms with Crippen molar-refractivity contribution < 1.29 is 14.3 Å². The molecule has 0 aliphatic rings. The maximum atomic E-state index is 12.6. The molecule has 3 rings (SSSR count). The number of hydrogen-bond acceptors (Lipinski definition) is 6. The zero-order valence-electron chi connectivity index (χ0n) is 16.3. The van der Waals surface area contributed by atoms with Gasteiger partial charge in [0.25, 0.3) is 5.91 Å². The number of nitrogens with one attached hydrogen (secondary N) is 1. The predicted molar refractivity (Wildman–Crippen MR) is 123 cm³/mol. The number of amides is 1. The number of rotatable bonds is 9. The normalized spacial score (nSPS) is 11.7. The Labute approximate surface area is 188 Å². The van der Waals surface area contributed by atoms with Crippen LogP contribution in [0.4, 0.5) is 0 Å². The molecule has 8 heteroatoms. The van der Waals surface area contributed by atoms with Crippen LogP contribution in [-0.2, 0) is 16.1 Å². The number of thioether (sulfide) groups is 1. The number of esters is 1. The summed E-state index contributed by atoms with van der Waals surface area (Å²) in [5.41, 5.74) is 2.02. The highest BCUT2D eigenvalue weighted by atomic mass is 35.5. The number of nitrogens with zero attached hydrogens (tertiary/aromatic N) is 1. The van der Waals surface area contributed by atoms with Crippen LogP contribution in [0.2, 0.25) is 5.02 Å². The van der Waals surface area contributed by atoms with E-state index < -0.39 is 17.9 Å². The highest BCUT2D eigenvalue weighted by molar-refractivity contribution is 7.98. The number of carbonyl (C=O) groups excluding carboxylic acids is 2. The third-order valence-electron chi connectivity index (χ3n) is 4.25. The van der Waals surface area contributed by atoms with Crippen LogP contribution in [0, 0.1) is 0 Å². The van der Waals surface area contributed by atoms with E-state index in [1.54, 1.807) is 36.0 Å². The topological polar surface area (TPSA) is 68.3 Å². The van der Waals surface area contributed by atoms with E-state index in [1.807, 2.05) is 42.0 Å². The van der Waals surface area contributed by atoms with Crippen molar-refractivity contribution in [2.75, 3.05) is 12.0 Å². The van der Waals surface area contributed by atoms with Gasteiger partial charge in [-0.1, -0.05) is 54.1 Å². The van der Waals surface area contributed by atoms with E-state index in [0.29, 0.717) is 28.5 Å². The van der Waals surface area contributed by atoms with Crippen molar-refractivity contribution in [2.45, 2.75) is 19.1 Å². The number of benzene rings is 2. The number of halogens is 1. The summed E-state index contributed by atoms with van der Waals surface area (Å²) in [6.07, 6.45) is 2.40. The molecule has 0 aliphatic heterocycles. The lowest BCUT2D eigenvalue weighted by molar-refractivity contribution is -0.147. The maximum Gasteiger partial charge on any atom is 0.329 e. The molecule has 0 fully saturated rings. The summed E-state index contributed by atoms with van der Waals surface area (Å²) >= 11 is 9.18. The summed E-state index contributed by atoms with van der Waals surface area (Å²) in [7, 11) is 0. The summed E-state index contributed by atoms with van der Waals surface area (Å²) in [4.78, 5) is 29.7. The molecule has 0 radical (unpaired) electrons. The second-order valence-corrected chi connectivity index (χ2v) is 8.66. The lowest BCUT2D eigenvalue weighted by atomic mass is 10.1. The average molecular weight is 461 g/mol. The van der Waals surface area contributed by atoms with Gasteiger partial charge in [-0.2, -0.15) is 11.8 Å². The molecular formula is C22H21ClN2O3S2. The Bertz CT molecular complexity index is 995. The van der Waals surface area contributed by atoms with E-state index in [4.69, 9.17) is 16.3 Å². The van der Waals surface area contributed by atoms with Gasteiger partial charge < -0.3 is 10.1 Å². The minimum absolute atomic E-state index is 0.0555. The molecule has 0 saturated carbocycles. The first-order valence-corrected chi connectivity index (χ1v) is 11.9. The molecule has 1 aromatic heterocycles. The molecule has 1 heterocycles. The summed E-state index contributed by atoms with van der Waals surface area (Å²) < 4.78 is 5.45. The zero-order chi connectivity index (χ0) is 21.3. The van der Waals surface area contributed by atoms with Gasteiger partial charge in [0, 0.05) is 10.9 Å². The summed E-state index contributed by atoms with van der Waals surface area (Å²) in [5.74, 6) is -0.181. The van der Waals surface area contributed by atoms with E-state index in [2.05, 4.69) is 10.3 Å². The fraction of sp³-hybridized carbons (Fsp3) is 0.227. The first-order chi connectivity index (χ1) is 14.6. The Morgan fingerprint density at radius 1 is 1.17 bits per heavy atom. The van der Waals surface area contributed by atoms with E-state index >= 15 is 0 Å². The Morgan fingerprint density at radius 2 is 1.90 bits per heavy atom. The number of carbonyl (C=O) groups is 2. The van der Waals surface area contributed by atoms with Crippen molar-refractivity contribution in [2.24, 2.45) is 0 Å². The standard InChI is InChI=1S/C22H21ClN2O3S2/c1-29-12-11-19(25-20(26)17-9-5-6-10-18(17)23)22(27)28-13-16-14-30-21(24-16)15-7-3-2-4-8-15/h2-10,14,19H,11-13H2,1H3,(H,25,26)/t19-/m0/s1. The molecule has 2 aromatic carbocycles. The fourth-order valence-corrected chi connectivity index (χ4v) is 4.20. The van der Waals surface area contributed by atoms with Crippen LogP contribution in [0.5, 0.6) is 0 Å². The van der Waals surface area contributed by atoms with Gasteiger partial charge in [0.15, 0.2) is 0 Å². The van der Waals surface area contributed by atoms with Crippen LogP contribution in [0.25, 0.3) is 10.6 Å². The molecule has 156 valence electrons. The Hall–Kier alpha value is -2.35. The van der Waals surface area contributed by atoms with E-state index in [9.17, 15) is 9.59 Å². The molecular weight excluding hydrogens is 440 g/mol. The van der Waals surface area contributed by atoms with Crippen LogP contribution >= 0.6 is 34.7 Å². The number of aromatic nitrogens is 1. The fourth-order valence-electron chi connectivity index (χ4n) is 2.70. The van der Waals surface area contributed by atoms with Gasteiger partial charge >= 0.3 is 5.97 Å². The molecule has 0 unspecified atom stereocenters. The van der Waals surface area contributed by atoms with E-state index in [-0.39, 0.29) is 6.61 Å². The summed E-state index contributed by atoms with van der Waals surface area (Å²) in [5, 5.41) is 5.82. The van der Waals surface area contributed by atoms with Gasteiger partial charge in [-0.25, -0.2) is 9.78 Å². The summed E-state index contributed by atoms with van der Waals surface area (Å²) in [6.45, 7) is 0.0555. The molecule has 3 aromatic rings. The smallest absolute Gasteiger partial charge is 0.329 e. The van der Waals surface area contributed by atoms with Gasteiger partial charge in [-0.05, 0) is 30.6 Å². The lowest BCUT2D eigenvalue weighted by Gasteiger charge is -2.17. The number of ether oxygens (including phenoxy) is 1. The average Bonchev–Trinajstić information content (AvgIpc) is 3.25. The van der Waals surface area contributed by atoms with Crippen molar-refractivity contribution in [3.8, 4) is 10.6 Å². The summed E-state index contributed by atoms with van der Waals surface area (Å²) in [6, 6.07) is 15.8. The maximum absolute atomic E-state index is 12.6. The van der Waals surface area contributed by atoms with E-state index in [0.717, 1.165) is 10.6 Å². The van der Waals surface area contributed by atoms with Crippen molar-refractivity contribution in [3.05, 3.63) is 76.3 Å². The van der Waals surface area contributed by atoms with Gasteiger partial charge in [0.1, 0.15) is 17.7 Å². The van der Waals surface area contributed by atoms with Crippen LogP contribution in [0.15, 0.2) is 60.0 Å². The Morgan fingerprint density at radius 3 is 2.63 bits per heavy atom. The van der Waals surface area contributed by atoms with Crippen LogP contribution < -0.4 is 5.32 Å². The largest absolute Gasteiger partial charge is 0.458 e. The zero-order valence-corrected chi connectivity index (χ0v) is 18.7. The highest BCUT2D eigenvalue weighted by Crippen LogP contribution is 2.23. The van der Waals surface area contributed by atoms with Crippen LogP contribution in [0.1, 0.15) is 22.5 Å². The molecule has 1 atom stereocenters. The minimum Gasteiger partial charge on any atom is -0.458 e. The molecule has 0 spiro atoms. The molecule has 1 amide bonds. The van der Waals surface area contributed by atoms with Crippen molar-refractivity contribution >= 4 is 46.6 Å². The third kappa shape index (κ3) is 6.08. The minimum atomic E-state index is -0.756. The number of thiazole rings is 1. The Balaban J connectivity index is 1.62. The molecule has 5 nitrogen and oxygen atoms in total. The molecule has 0 bridgehead atoms. The van der Waals surface area contributed by atoms with Crippen molar-refractivity contribution in [1.82, 2.24) is 10.3 Å². The van der Waals surface area contributed by atoms with Gasteiger partial charge in [0.05, 0.1) is 16.3 Å². The van der Waals surface area contributed by atoms with Gasteiger partial charge in [0.2, 0.25) is 0 Å². The van der Waals surface area contributed by atoms with Crippen LogP contribution in [0.3, 0.4) is 0 Å². The van der Waals surface area contributed by atoms with Crippen molar-refractivity contribution in [1.29, 1.82) is 0 Å². The van der Waals surface area contributed by atoms with Gasteiger partial charge in [-0.3, -0.25) is 4.79 Å².